The summed E-state index contributed by atoms with van der Waals surface area (Å²) in [5, 5.41) is 9.34. The summed E-state index contributed by atoms with van der Waals surface area (Å²) >= 11 is 6.21. The smallest absolute Gasteiger partial charge is 0.345 e. The van der Waals surface area contributed by atoms with Gasteiger partial charge in [-0.25, -0.2) is 4.79 Å². The van der Waals surface area contributed by atoms with Crippen molar-refractivity contribution in [3.8, 4) is 5.75 Å². The standard InChI is InChI=1S/C16H20ClNO4.ClH/c1-4-9(8-18(2)3)15(19)11-5-10-6-14(16(20)21)22-13(10)7-12(11)17;/h5,7,9,14H,4,6,8H2,1-3H3,(H,20,21);1H. The largest absolute Gasteiger partial charge is 0.478 e. The van der Waals surface area contributed by atoms with Gasteiger partial charge >= 0.3 is 5.97 Å². The summed E-state index contributed by atoms with van der Waals surface area (Å²) in [7, 11) is 3.84. The van der Waals surface area contributed by atoms with Crippen molar-refractivity contribution < 1.29 is 19.4 Å². The first kappa shape index (κ1) is 19.7. The van der Waals surface area contributed by atoms with Gasteiger partial charge in [0.15, 0.2) is 11.9 Å². The van der Waals surface area contributed by atoms with Crippen LogP contribution in [0.15, 0.2) is 12.1 Å². The normalized spacial score (nSPS) is 17.2. The van der Waals surface area contributed by atoms with E-state index in [2.05, 4.69) is 0 Å². The molecule has 0 saturated heterocycles. The molecule has 0 saturated carbocycles. The number of halogens is 2. The Morgan fingerprint density at radius 1 is 1.43 bits per heavy atom. The van der Waals surface area contributed by atoms with Gasteiger partial charge in [0.2, 0.25) is 0 Å². The number of nitrogens with zero attached hydrogens (tertiary/aromatic N) is 1. The molecule has 1 aliphatic heterocycles. The van der Waals surface area contributed by atoms with Crippen LogP contribution in [0.5, 0.6) is 5.75 Å². The summed E-state index contributed by atoms with van der Waals surface area (Å²) in [6.07, 6.45) is 0.0748. The third kappa shape index (κ3) is 4.37. The van der Waals surface area contributed by atoms with Gasteiger partial charge in [0, 0.05) is 24.4 Å². The van der Waals surface area contributed by atoms with E-state index in [9.17, 15) is 9.59 Å². The van der Waals surface area contributed by atoms with Gasteiger partial charge in [-0.05, 0) is 38.2 Å². The van der Waals surface area contributed by atoms with Crippen molar-refractivity contribution in [1.29, 1.82) is 0 Å². The molecule has 2 unspecified atom stereocenters. The van der Waals surface area contributed by atoms with Gasteiger partial charge in [0.1, 0.15) is 5.75 Å². The van der Waals surface area contributed by atoms with E-state index in [1.807, 2.05) is 25.9 Å². The minimum absolute atomic E-state index is 0. The van der Waals surface area contributed by atoms with Gasteiger partial charge in [-0.3, -0.25) is 4.79 Å². The van der Waals surface area contributed by atoms with Crippen LogP contribution < -0.4 is 4.74 Å². The molecule has 0 radical (unpaired) electrons. The Hall–Kier alpha value is -1.30. The molecule has 1 aromatic carbocycles. The van der Waals surface area contributed by atoms with Gasteiger partial charge in [0.05, 0.1) is 5.02 Å². The van der Waals surface area contributed by atoms with Crippen LogP contribution in [0.1, 0.15) is 29.3 Å². The summed E-state index contributed by atoms with van der Waals surface area (Å²) in [5.74, 6) is -0.709. The van der Waals surface area contributed by atoms with Crippen LogP contribution in [-0.4, -0.2) is 48.5 Å². The van der Waals surface area contributed by atoms with Gasteiger partial charge in [-0.15, -0.1) is 12.4 Å². The lowest BCUT2D eigenvalue weighted by Gasteiger charge is -2.19. The van der Waals surface area contributed by atoms with Crippen molar-refractivity contribution in [3.63, 3.8) is 0 Å². The number of carboxylic acids is 1. The zero-order valence-electron chi connectivity index (χ0n) is 13.3. The number of hydrogen-bond acceptors (Lipinski definition) is 4. The van der Waals surface area contributed by atoms with Crippen LogP contribution in [0.3, 0.4) is 0 Å². The number of fused-ring (bicyclic) bond motifs is 1. The highest BCUT2D eigenvalue weighted by Gasteiger charge is 2.31. The first-order valence-electron chi connectivity index (χ1n) is 7.24. The molecule has 2 rings (SSSR count). The summed E-state index contributed by atoms with van der Waals surface area (Å²) < 4.78 is 5.33. The van der Waals surface area contributed by atoms with E-state index in [0.29, 0.717) is 22.9 Å². The molecule has 0 aliphatic carbocycles. The average Bonchev–Trinajstić information content (AvgIpc) is 2.85. The summed E-state index contributed by atoms with van der Waals surface area (Å²) in [5.41, 5.74) is 1.17. The zero-order chi connectivity index (χ0) is 16.4. The SMILES string of the molecule is CCC(CN(C)C)C(=O)c1cc2c(cc1Cl)OC(C(=O)O)C2.Cl. The van der Waals surface area contributed by atoms with E-state index in [4.69, 9.17) is 21.4 Å². The molecule has 2 atom stereocenters. The van der Waals surface area contributed by atoms with E-state index >= 15 is 0 Å². The van der Waals surface area contributed by atoms with E-state index in [0.717, 1.165) is 12.0 Å². The molecule has 0 amide bonds. The van der Waals surface area contributed by atoms with Gasteiger partial charge in [0.25, 0.3) is 0 Å². The molecule has 5 nitrogen and oxygen atoms in total. The third-order valence-electron chi connectivity index (χ3n) is 3.81. The molecule has 1 heterocycles. The van der Waals surface area contributed by atoms with Crippen molar-refractivity contribution in [3.05, 3.63) is 28.3 Å². The van der Waals surface area contributed by atoms with Crippen LogP contribution >= 0.6 is 24.0 Å². The second-order valence-electron chi connectivity index (χ2n) is 5.82. The zero-order valence-corrected chi connectivity index (χ0v) is 14.9. The topological polar surface area (TPSA) is 66.8 Å². The van der Waals surface area contributed by atoms with E-state index in [1.165, 1.54) is 0 Å². The minimum atomic E-state index is -1.01. The van der Waals surface area contributed by atoms with Gasteiger partial charge < -0.3 is 14.7 Å². The van der Waals surface area contributed by atoms with Crippen molar-refractivity contribution in [1.82, 2.24) is 4.90 Å². The van der Waals surface area contributed by atoms with Crippen molar-refractivity contribution in [2.75, 3.05) is 20.6 Å². The van der Waals surface area contributed by atoms with Crippen LogP contribution in [0.2, 0.25) is 5.02 Å². The number of carbonyl (C=O) groups is 2. The number of Topliss-reactive ketones (excluding diaryl/α,β-unsaturated/α-hetero) is 1. The fraction of sp³-hybridized carbons (Fsp3) is 0.500. The lowest BCUT2D eigenvalue weighted by atomic mass is 9.93. The lowest BCUT2D eigenvalue weighted by molar-refractivity contribution is -0.144. The Labute approximate surface area is 147 Å². The van der Waals surface area contributed by atoms with Crippen molar-refractivity contribution >= 4 is 35.8 Å². The van der Waals surface area contributed by atoms with Crippen molar-refractivity contribution in [2.24, 2.45) is 5.92 Å². The molecule has 128 valence electrons. The number of ether oxygens (including phenoxy) is 1. The molecule has 1 aliphatic rings. The van der Waals surface area contributed by atoms with Gasteiger partial charge in [-0.2, -0.15) is 0 Å². The highest BCUT2D eigenvalue weighted by atomic mass is 35.5. The Morgan fingerprint density at radius 3 is 2.61 bits per heavy atom. The molecule has 0 fully saturated rings. The monoisotopic (exact) mass is 361 g/mol. The Kier molecular flexibility index (Phi) is 6.86. The number of carbonyl (C=O) groups excluding carboxylic acids is 1. The second kappa shape index (κ2) is 7.99. The third-order valence-corrected chi connectivity index (χ3v) is 4.13. The molecule has 0 bridgehead atoms. The molecule has 1 N–H and O–H groups in total. The number of carboxylic acid groups (broad SMARTS) is 1. The minimum Gasteiger partial charge on any atom is -0.478 e. The Morgan fingerprint density at radius 2 is 2.09 bits per heavy atom. The first-order chi connectivity index (χ1) is 10.3. The second-order valence-corrected chi connectivity index (χ2v) is 6.23. The lowest BCUT2D eigenvalue weighted by Crippen LogP contribution is -2.27. The van der Waals surface area contributed by atoms with E-state index in [1.54, 1.807) is 12.1 Å². The number of benzene rings is 1. The quantitative estimate of drug-likeness (QED) is 0.789. The molecule has 7 heteroatoms. The van der Waals surface area contributed by atoms with Crippen LogP contribution in [0.4, 0.5) is 0 Å². The van der Waals surface area contributed by atoms with E-state index in [-0.39, 0.29) is 30.5 Å². The number of ketones is 1. The number of rotatable bonds is 6. The predicted octanol–water partition coefficient (Wildman–Crippen LogP) is 2.92. The average molecular weight is 362 g/mol. The maximum Gasteiger partial charge on any atom is 0.345 e. The summed E-state index contributed by atoms with van der Waals surface area (Å²) in [6.45, 7) is 2.62. The van der Waals surface area contributed by atoms with Crippen molar-refractivity contribution in [2.45, 2.75) is 25.9 Å². The van der Waals surface area contributed by atoms with Crippen LogP contribution in [0.25, 0.3) is 0 Å². The maximum atomic E-state index is 12.7. The predicted molar refractivity (Wildman–Crippen MR) is 91.1 cm³/mol. The molecular formula is C16H21Cl2NO4. The summed E-state index contributed by atoms with van der Waals surface area (Å²) in [4.78, 5) is 25.7. The molecule has 23 heavy (non-hydrogen) atoms. The number of aliphatic carboxylic acids is 1. The fourth-order valence-electron chi connectivity index (χ4n) is 2.65. The van der Waals surface area contributed by atoms with E-state index < -0.39 is 12.1 Å². The molecular weight excluding hydrogens is 341 g/mol. The van der Waals surface area contributed by atoms with Gasteiger partial charge in [-0.1, -0.05) is 18.5 Å². The fourth-order valence-corrected chi connectivity index (χ4v) is 2.90. The summed E-state index contributed by atoms with van der Waals surface area (Å²) in [6, 6.07) is 3.23. The Balaban J connectivity index is 0.00000264. The molecule has 0 spiro atoms. The highest BCUT2D eigenvalue weighted by molar-refractivity contribution is 6.34. The number of hydrogen-bond donors (Lipinski definition) is 1. The molecule has 1 aromatic rings. The first-order valence-corrected chi connectivity index (χ1v) is 7.62. The highest BCUT2D eigenvalue weighted by Crippen LogP contribution is 2.35. The van der Waals surface area contributed by atoms with Crippen LogP contribution in [-0.2, 0) is 11.2 Å². The maximum absolute atomic E-state index is 12.7. The van der Waals surface area contributed by atoms with Crippen LogP contribution in [0, 0.1) is 5.92 Å². The Bertz CT molecular complexity index is 604. The molecule has 0 aromatic heterocycles.